The molecule has 0 aromatic carbocycles. The zero-order valence-corrected chi connectivity index (χ0v) is 54.5. The summed E-state index contributed by atoms with van der Waals surface area (Å²) in [6.45, 7) is 6.51. The first kappa shape index (κ1) is 78.6. The van der Waals surface area contributed by atoms with Gasteiger partial charge < -0.3 is 14.2 Å². The molecule has 0 rings (SSSR count). The van der Waals surface area contributed by atoms with Gasteiger partial charge in [-0.1, -0.05) is 311 Å². The Morgan fingerprint density at radius 2 is 0.476 bits per heavy atom. The van der Waals surface area contributed by atoms with Crippen molar-refractivity contribution in [2.75, 3.05) is 13.2 Å². The lowest BCUT2D eigenvalue weighted by Crippen LogP contribution is -2.30. The highest BCUT2D eigenvalue weighted by Gasteiger charge is 2.19. The van der Waals surface area contributed by atoms with Crippen molar-refractivity contribution in [1.29, 1.82) is 0 Å². The van der Waals surface area contributed by atoms with Gasteiger partial charge >= 0.3 is 17.9 Å². The fraction of sp³-hybridized carbons (Fsp3) is 0.776. The van der Waals surface area contributed by atoms with Gasteiger partial charge in [0.05, 0.1) is 0 Å². The van der Waals surface area contributed by atoms with Crippen molar-refractivity contribution in [2.45, 2.75) is 367 Å². The van der Waals surface area contributed by atoms with Crippen LogP contribution in [0, 0.1) is 0 Å². The third-order valence-corrected chi connectivity index (χ3v) is 15.6. The summed E-state index contributed by atoms with van der Waals surface area (Å²) in [4.78, 5) is 38.3. The number of carbonyl (C=O) groups is 3. The molecule has 474 valence electrons. The molecule has 0 bridgehead atoms. The summed E-state index contributed by atoms with van der Waals surface area (Å²) in [5, 5.41) is 0. The summed E-state index contributed by atoms with van der Waals surface area (Å²) < 4.78 is 16.9. The Kier molecular flexibility index (Phi) is 67.2. The monoisotopic (exact) mass is 1140 g/mol. The van der Waals surface area contributed by atoms with Crippen LogP contribution in [0.15, 0.2) is 85.1 Å². The number of esters is 3. The van der Waals surface area contributed by atoms with Crippen molar-refractivity contribution in [1.82, 2.24) is 0 Å². The molecule has 6 heteroatoms. The summed E-state index contributed by atoms with van der Waals surface area (Å²) in [5.74, 6) is -0.877. The van der Waals surface area contributed by atoms with Crippen LogP contribution in [-0.2, 0) is 28.6 Å². The third kappa shape index (κ3) is 67.4. The van der Waals surface area contributed by atoms with E-state index >= 15 is 0 Å². The van der Waals surface area contributed by atoms with Crippen molar-refractivity contribution >= 4 is 17.9 Å². The average molecular weight is 1140 g/mol. The van der Waals surface area contributed by atoms with Crippen LogP contribution in [0.2, 0.25) is 0 Å². The molecule has 0 heterocycles. The second-order valence-electron chi connectivity index (χ2n) is 23.8. The highest BCUT2D eigenvalue weighted by Crippen LogP contribution is 2.18. The van der Waals surface area contributed by atoms with E-state index in [-0.39, 0.29) is 31.1 Å². The van der Waals surface area contributed by atoms with Gasteiger partial charge in [0.1, 0.15) is 13.2 Å². The van der Waals surface area contributed by atoms with Crippen molar-refractivity contribution in [3.63, 3.8) is 0 Å². The Labute approximate surface area is 509 Å². The van der Waals surface area contributed by atoms with Crippen LogP contribution in [0.25, 0.3) is 0 Å². The van der Waals surface area contributed by atoms with Crippen molar-refractivity contribution < 1.29 is 28.6 Å². The van der Waals surface area contributed by atoms with Gasteiger partial charge in [0.2, 0.25) is 0 Å². The van der Waals surface area contributed by atoms with Crippen LogP contribution in [0.4, 0.5) is 0 Å². The first-order valence-electron chi connectivity index (χ1n) is 35.6. The van der Waals surface area contributed by atoms with Crippen LogP contribution in [0.3, 0.4) is 0 Å². The van der Waals surface area contributed by atoms with E-state index in [9.17, 15) is 14.4 Å². The number of carbonyl (C=O) groups excluding carboxylic acids is 3. The Bertz CT molecular complexity index is 1550. The van der Waals surface area contributed by atoms with E-state index in [4.69, 9.17) is 14.2 Å². The zero-order chi connectivity index (χ0) is 59.2. The lowest BCUT2D eigenvalue weighted by Gasteiger charge is -2.18. The minimum Gasteiger partial charge on any atom is -0.462 e. The van der Waals surface area contributed by atoms with Gasteiger partial charge in [-0.15, -0.1) is 0 Å². The molecule has 0 fully saturated rings. The van der Waals surface area contributed by atoms with Crippen LogP contribution < -0.4 is 0 Å². The van der Waals surface area contributed by atoms with Crippen molar-refractivity contribution in [3.05, 3.63) is 85.1 Å². The molecule has 0 aliphatic rings. The summed E-state index contributed by atoms with van der Waals surface area (Å²) >= 11 is 0. The van der Waals surface area contributed by atoms with Gasteiger partial charge in [-0.25, -0.2) is 0 Å². The first-order valence-corrected chi connectivity index (χ1v) is 35.6. The molecular weight excluding hydrogens is 1010 g/mol. The van der Waals surface area contributed by atoms with Gasteiger partial charge in [-0.3, -0.25) is 14.4 Å². The number of rotatable bonds is 65. The quantitative estimate of drug-likeness (QED) is 0.0261. The van der Waals surface area contributed by atoms with E-state index < -0.39 is 6.10 Å². The fourth-order valence-corrected chi connectivity index (χ4v) is 10.3. The highest BCUT2D eigenvalue weighted by atomic mass is 16.6. The minimum atomic E-state index is -0.782. The van der Waals surface area contributed by atoms with E-state index in [2.05, 4.69) is 106 Å². The number of hydrogen-bond acceptors (Lipinski definition) is 6. The number of allylic oxidation sites excluding steroid dienone is 14. The molecule has 0 radical (unpaired) electrons. The fourth-order valence-electron chi connectivity index (χ4n) is 10.3. The summed E-state index contributed by atoms with van der Waals surface area (Å²) in [6, 6.07) is 0. The number of unbranched alkanes of at least 4 members (excludes halogenated alkanes) is 40. The summed E-state index contributed by atoms with van der Waals surface area (Å²) in [5.41, 5.74) is 0. The lowest BCUT2D eigenvalue weighted by molar-refractivity contribution is -0.167. The smallest absolute Gasteiger partial charge is 0.306 e. The highest BCUT2D eigenvalue weighted by molar-refractivity contribution is 5.71. The number of ether oxygens (including phenoxy) is 3. The van der Waals surface area contributed by atoms with Gasteiger partial charge in [0, 0.05) is 19.3 Å². The second-order valence-corrected chi connectivity index (χ2v) is 23.8. The van der Waals surface area contributed by atoms with E-state index in [1.165, 1.54) is 218 Å². The van der Waals surface area contributed by atoms with Gasteiger partial charge in [0.25, 0.3) is 0 Å². The van der Waals surface area contributed by atoms with E-state index in [1.807, 2.05) is 0 Å². The molecule has 0 saturated carbocycles. The maximum absolute atomic E-state index is 12.9. The zero-order valence-electron chi connectivity index (χ0n) is 54.5. The average Bonchev–Trinajstić information content (AvgIpc) is 3.47. The largest absolute Gasteiger partial charge is 0.462 e. The molecule has 0 aliphatic carbocycles. The number of hydrogen-bond donors (Lipinski definition) is 0. The normalized spacial score (nSPS) is 12.6. The molecular formula is C76H134O6. The van der Waals surface area contributed by atoms with Crippen LogP contribution >= 0.6 is 0 Å². The molecule has 0 amide bonds. The Hall–Kier alpha value is -3.41. The second kappa shape index (κ2) is 70.1. The SMILES string of the molecule is CC/C=C\C/C=C\C/C=C\C/C=C\CCCCCCCCCCCCCCCCCCCCCCCCC(=O)OCC(COC(=O)CCCCCCC/C=C\CCCCC)OC(=O)CCCCCCCCC/C=C\C/C=C\CCCCC. The lowest BCUT2D eigenvalue weighted by atomic mass is 10.0. The Morgan fingerprint density at radius 3 is 0.756 bits per heavy atom. The Balaban J connectivity index is 4.09. The van der Waals surface area contributed by atoms with E-state index in [0.717, 1.165) is 103 Å². The van der Waals surface area contributed by atoms with Crippen LogP contribution in [0.1, 0.15) is 361 Å². The third-order valence-electron chi connectivity index (χ3n) is 15.6. The maximum Gasteiger partial charge on any atom is 0.306 e. The standard InChI is InChI=1S/C76H134O6/c1-4-7-10-13-16-19-22-25-27-29-30-31-32-33-34-35-36-37-38-39-40-41-42-43-44-45-46-48-49-51-54-57-60-63-66-69-75(78)81-72-73(71-80-74(77)68-65-62-59-56-53-24-21-18-15-12-9-6-3)82-76(79)70-67-64-61-58-55-52-50-47-28-26-23-20-17-14-11-8-5-2/h7,10,16-21,25-28,30-31,73H,4-6,8-9,11-15,22-24,29,32-72H2,1-3H3/b10-7-,19-16-,20-17-,21-18-,27-25-,28-26-,31-30-. The maximum atomic E-state index is 12.9. The molecule has 1 unspecified atom stereocenters. The van der Waals surface area contributed by atoms with Gasteiger partial charge in [0.15, 0.2) is 6.10 Å². The first-order chi connectivity index (χ1) is 40.5. The minimum absolute atomic E-state index is 0.0777. The van der Waals surface area contributed by atoms with Crippen molar-refractivity contribution in [2.24, 2.45) is 0 Å². The molecule has 0 N–H and O–H groups in total. The summed E-state index contributed by atoms with van der Waals surface area (Å²) in [6.07, 6.45) is 93.4. The predicted octanol–water partition coefficient (Wildman–Crippen LogP) is 24.6. The van der Waals surface area contributed by atoms with E-state index in [1.54, 1.807) is 0 Å². The molecule has 6 nitrogen and oxygen atoms in total. The van der Waals surface area contributed by atoms with E-state index in [0.29, 0.717) is 19.3 Å². The molecule has 0 aliphatic heterocycles. The molecule has 1 atom stereocenters. The Morgan fingerprint density at radius 1 is 0.256 bits per heavy atom. The molecule has 0 saturated heterocycles. The topological polar surface area (TPSA) is 78.9 Å². The molecule has 0 spiro atoms. The van der Waals surface area contributed by atoms with Crippen LogP contribution in [0.5, 0.6) is 0 Å². The van der Waals surface area contributed by atoms with Gasteiger partial charge in [-0.2, -0.15) is 0 Å². The van der Waals surface area contributed by atoms with Crippen molar-refractivity contribution in [3.8, 4) is 0 Å². The molecule has 82 heavy (non-hydrogen) atoms. The predicted molar refractivity (Wildman–Crippen MR) is 358 cm³/mol. The molecule has 0 aromatic heterocycles. The van der Waals surface area contributed by atoms with Gasteiger partial charge in [-0.05, 0) is 116 Å². The summed E-state index contributed by atoms with van der Waals surface area (Å²) in [7, 11) is 0. The molecule has 0 aromatic rings. The van der Waals surface area contributed by atoms with Crippen LogP contribution in [-0.4, -0.2) is 37.2 Å².